The lowest BCUT2D eigenvalue weighted by atomic mass is 9.94. The Balaban J connectivity index is 2.05. The topological polar surface area (TPSA) is 61.9 Å². The third-order valence-electron chi connectivity index (χ3n) is 4.02. The lowest BCUT2D eigenvalue weighted by molar-refractivity contribution is -0.00160. The molecule has 0 aromatic carbocycles. The highest BCUT2D eigenvalue weighted by Crippen LogP contribution is 2.25. The van der Waals surface area contributed by atoms with Gasteiger partial charge in [-0.2, -0.15) is 17.0 Å². The molecule has 7 heteroatoms. The maximum atomic E-state index is 12.8. The van der Waals surface area contributed by atoms with Crippen molar-refractivity contribution in [1.29, 1.82) is 0 Å². The van der Waals surface area contributed by atoms with Crippen molar-refractivity contribution in [3.63, 3.8) is 0 Å². The summed E-state index contributed by atoms with van der Waals surface area (Å²) in [6.07, 6.45) is 1.06. The summed E-state index contributed by atoms with van der Waals surface area (Å²) in [5.74, 6) is 0.866. The molecule has 0 aliphatic carbocycles. The number of ether oxygens (including phenoxy) is 1. The second-order valence-corrected chi connectivity index (χ2v) is 8.11. The summed E-state index contributed by atoms with van der Waals surface area (Å²) in [7, 11) is -1.49. The fraction of sp³-hybridized carbons (Fsp3) is 1.00. The van der Waals surface area contributed by atoms with E-state index in [2.05, 4.69) is 19.2 Å². The van der Waals surface area contributed by atoms with Crippen molar-refractivity contribution >= 4 is 10.2 Å². The molecule has 0 aromatic rings. The molecule has 2 rings (SSSR count). The summed E-state index contributed by atoms with van der Waals surface area (Å²) >= 11 is 0. The van der Waals surface area contributed by atoms with Gasteiger partial charge in [-0.25, -0.2) is 0 Å². The molecule has 6 nitrogen and oxygen atoms in total. The van der Waals surface area contributed by atoms with E-state index in [-0.39, 0.29) is 6.10 Å². The van der Waals surface area contributed by atoms with Gasteiger partial charge in [-0.15, -0.1) is 0 Å². The van der Waals surface area contributed by atoms with Gasteiger partial charge in [-0.05, 0) is 25.3 Å². The van der Waals surface area contributed by atoms with Gasteiger partial charge in [0.1, 0.15) is 0 Å². The molecule has 3 unspecified atom stereocenters. The number of hydrogen-bond acceptors (Lipinski definition) is 4. The lowest BCUT2D eigenvalue weighted by Gasteiger charge is -2.39. The van der Waals surface area contributed by atoms with Gasteiger partial charge in [-0.3, -0.25) is 0 Å². The summed E-state index contributed by atoms with van der Waals surface area (Å²) in [5.41, 5.74) is 0. The Kier molecular flexibility index (Phi) is 5.42. The molecule has 1 N–H and O–H groups in total. The third-order valence-corrected chi connectivity index (χ3v) is 5.96. The largest absolute Gasteiger partial charge is 0.374 e. The Bertz CT molecular complexity index is 403. The van der Waals surface area contributed by atoms with Gasteiger partial charge in [0.2, 0.25) is 0 Å². The molecule has 0 spiro atoms. The number of morpholine rings is 1. The molecule has 2 saturated heterocycles. The van der Waals surface area contributed by atoms with Crippen molar-refractivity contribution in [2.24, 2.45) is 11.8 Å². The molecule has 0 bridgehead atoms. The number of hydrogen-bond donors (Lipinski definition) is 1. The van der Waals surface area contributed by atoms with Crippen LogP contribution in [-0.4, -0.2) is 69.5 Å². The van der Waals surface area contributed by atoms with Crippen molar-refractivity contribution in [2.45, 2.75) is 26.4 Å². The molecule has 3 atom stereocenters. The van der Waals surface area contributed by atoms with Crippen LogP contribution in [0.4, 0.5) is 0 Å². The first kappa shape index (κ1) is 16.2. The highest BCUT2D eigenvalue weighted by Gasteiger charge is 2.37. The zero-order valence-corrected chi connectivity index (χ0v) is 13.5. The zero-order chi connectivity index (χ0) is 14.8. The van der Waals surface area contributed by atoms with Gasteiger partial charge >= 0.3 is 0 Å². The van der Waals surface area contributed by atoms with Crippen molar-refractivity contribution in [2.75, 3.05) is 46.4 Å². The Morgan fingerprint density at radius 1 is 1.15 bits per heavy atom. The quantitative estimate of drug-likeness (QED) is 0.802. The van der Waals surface area contributed by atoms with Gasteiger partial charge in [0.05, 0.1) is 12.7 Å². The molecular formula is C13H27N3O3S. The second kappa shape index (κ2) is 6.70. The first-order chi connectivity index (χ1) is 9.43. The van der Waals surface area contributed by atoms with E-state index in [4.69, 9.17) is 4.74 Å². The van der Waals surface area contributed by atoms with Gasteiger partial charge in [0.25, 0.3) is 10.2 Å². The molecular weight excluding hydrogens is 278 g/mol. The van der Waals surface area contributed by atoms with Crippen LogP contribution in [-0.2, 0) is 14.9 Å². The summed E-state index contributed by atoms with van der Waals surface area (Å²) in [5, 5.41) is 3.04. The van der Waals surface area contributed by atoms with E-state index in [9.17, 15) is 8.42 Å². The van der Waals surface area contributed by atoms with Crippen LogP contribution in [0.3, 0.4) is 0 Å². The van der Waals surface area contributed by atoms with E-state index in [1.807, 2.05) is 7.05 Å². The zero-order valence-electron chi connectivity index (χ0n) is 12.7. The van der Waals surface area contributed by atoms with Crippen molar-refractivity contribution in [3.05, 3.63) is 0 Å². The van der Waals surface area contributed by atoms with Crippen molar-refractivity contribution in [1.82, 2.24) is 13.9 Å². The Hall–Kier alpha value is -0.210. The van der Waals surface area contributed by atoms with E-state index >= 15 is 0 Å². The van der Waals surface area contributed by atoms with Crippen LogP contribution in [0.5, 0.6) is 0 Å². The molecule has 2 heterocycles. The fourth-order valence-electron chi connectivity index (χ4n) is 3.21. The highest BCUT2D eigenvalue weighted by atomic mass is 32.2. The minimum Gasteiger partial charge on any atom is -0.374 e. The van der Waals surface area contributed by atoms with Crippen LogP contribution < -0.4 is 5.32 Å². The first-order valence-corrected chi connectivity index (χ1v) is 8.84. The van der Waals surface area contributed by atoms with Crippen molar-refractivity contribution < 1.29 is 13.2 Å². The van der Waals surface area contributed by atoms with Crippen LogP contribution >= 0.6 is 0 Å². The Morgan fingerprint density at radius 3 is 2.40 bits per heavy atom. The van der Waals surface area contributed by atoms with E-state index in [0.717, 1.165) is 6.42 Å². The number of nitrogens with one attached hydrogen (secondary N) is 1. The molecule has 20 heavy (non-hydrogen) atoms. The van der Waals surface area contributed by atoms with Crippen LogP contribution in [0.15, 0.2) is 0 Å². The molecule has 0 radical (unpaired) electrons. The molecule has 0 saturated carbocycles. The summed E-state index contributed by atoms with van der Waals surface area (Å²) in [4.78, 5) is 0. The van der Waals surface area contributed by atoms with E-state index < -0.39 is 10.2 Å². The second-order valence-electron chi connectivity index (χ2n) is 6.18. The van der Waals surface area contributed by atoms with Crippen LogP contribution in [0.2, 0.25) is 0 Å². The Morgan fingerprint density at radius 2 is 1.80 bits per heavy atom. The minimum absolute atomic E-state index is 0.0526. The maximum absolute atomic E-state index is 12.8. The Labute approximate surface area is 122 Å². The lowest BCUT2D eigenvalue weighted by Crippen LogP contribution is -2.55. The fourth-order valence-corrected chi connectivity index (χ4v) is 5.08. The number of likely N-dealkylation sites (N-methyl/N-ethyl adjacent to an activating group) is 1. The normalized spacial score (nSPS) is 34.2. The smallest absolute Gasteiger partial charge is 0.282 e. The van der Waals surface area contributed by atoms with Gasteiger partial charge < -0.3 is 10.1 Å². The summed E-state index contributed by atoms with van der Waals surface area (Å²) < 4.78 is 34.3. The molecule has 0 amide bonds. The van der Waals surface area contributed by atoms with Gasteiger partial charge in [0, 0.05) is 32.7 Å². The van der Waals surface area contributed by atoms with E-state index in [0.29, 0.717) is 51.2 Å². The molecule has 2 aliphatic heterocycles. The molecule has 2 fully saturated rings. The predicted octanol–water partition coefficient (Wildman–Crippen LogP) is 0.129. The SMILES string of the molecule is CNCC1CN(S(=O)(=O)N2CC(C)CC(C)C2)CCO1. The molecule has 118 valence electrons. The first-order valence-electron chi connectivity index (χ1n) is 7.45. The van der Waals surface area contributed by atoms with Crippen LogP contribution in [0.25, 0.3) is 0 Å². The van der Waals surface area contributed by atoms with Gasteiger partial charge in [0.15, 0.2) is 0 Å². The average Bonchev–Trinajstić information content (AvgIpc) is 2.38. The monoisotopic (exact) mass is 305 g/mol. The van der Waals surface area contributed by atoms with Crippen LogP contribution in [0.1, 0.15) is 20.3 Å². The molecule has 0 aromatic heterocycles. The molecule has 2 aliphatic rings. The summed E-state index contributed by atoms with van der Waals surface area (Å²) in [6.45, 7) is 7.59. The number of rotatable bonds is 4. The summed E-state index contributed by atoms with van der Waals surface area (Å²) in [6, 6.07) is 0. The number of piperidine rings is 1. The van der Waals surface area contributed by atoms with E-state index in [1.54, 1.807) is 8.61 Å². The maximum Gasteiger partial charge on any atom is 0.282 e. The number of nitrogens with zero attached hydrogens (tertiary/aromatic N) is 2. The standard InChI is InChI=1S/C13H27N3O3S/c1-11-6-12(2)9-16(8-11)20(17,18)15-4-5-19-13(10-15)7-14-3/h11-14H,4-10H2,1-3H3. The highest BCUT2D eigenvalue weighted by molar-refractivity contribution is 7.86. The third kappa shape index (κ3) is 3.71. The van der Waals surface area contributed by atoms with Crippen molar-refractivity contribution in [3.8, 4) is 0 Å². The van der Waals surface area contributed by atoms with E-state index in [1.165, 1.54) is 0 Å². The predicted molar refractivity (Wildman–Crippen MR) is 78.7 cm³/mol. The van der Waals surface area contributed by atoms with Crippen LogP contribution in [0, 0.1) is 11.8 Å². The average molecular weight is 305 g/mol. The van der Waals surface area contributed by atoms with Gasteiger partial charge in [-0.1, -0.05) is 13.8 Å². The minimum atomic E-state index is -3.34.